The quantitative estimate of drug-likeness (QED) is 0.394. The summed E-state index contributed by atoms with van der Waals surface area (Å²) in [7, 11) is 1.50. The monoisotopic (exact) mass is 431 g/mol. The zero-order valence-electron chi connectivity index (χ0n) is 13.1. The largest absolute Gasteiger partial charge is 0.493 e. The normalized spacial score (nSPS) is 10.9. The Bertz CT molecular complexity index is 667. The van der Waals surface area contributed by atoms with Gasteiger partial charge in [0, 0.05) is 6.92 Å². The molecular formula is C16H18INO5. The second-order valence-corrected chi connectivity index (χ2v) is 5.99. The first-order chi connectivity index (χ1) is 10.7. The molecule has 0 aromatic heterocycles. The van der Waals surface area contributed by atoms with Crippen molar-refractivity contribution >= 4 is 40.5 Å². The van der Waals surface area contributed by atoms with Crippen LogP contribution in [0.15, 0.2) is 30.0 Å². The topological polar surface area (TPSA) is 84.9 Å². The summed E-state index contributed by atoms with van der Waals surface area (Å²) in [5.74, 6) is -0.653. The second-order valence-electron chi connectivity index (χ2n) is 4.82. The van der Waals surface area contributed by atoms with Gasteiger partial charge in [0.05, 0.1) is 10.7 Å². The molecule has 6 nitrogen and oxygen atoms in total. The van der Waals surface area contributed by atoms with Crippen molar-refractivity contribution in [1.29, 1.82) is 0 Å². The van der Waals surface area contributed by atoms with Gasteiger partial charge >= 0.3 is 5.97 Å². The number of carboxylic acids is 1. The van der Waals surface area contributed by atoms with E-state index in [4.69, 9.17) is 14.6 Å². The van der Waals surface area contributed by atoms with E-state index in [1.165, 1.54) is 20.1 Å². The fourth-order valence-corrected chi connectivity index (χ4v) is 2.45. The van der Waals surface area contributed by atoms with Gasteiger partial charge in [0.25, 0.3) is 0 Å². The first kappa shape index (κ1) is 19.0. The lowest BCUT2D eigenvalue weighted by molar-refractivity contribution is -0.134. The van der Waals surface area contributed by atoms with Crippen molar-refractivity contribution in [2.45, 2.75) is 13.8 Å². The lowest BCUT2D eigenvalue weighted by atomic mass is 10.1. The minimum atomic E-state index is -1.23. The first-order valence-electron chi connectivity index (χ1n) is 6.62. The average Bonchev–Trinajstić information content (AvgIpc) is 2.44. The highest BCUT2D eigenvalue weighted by Gasteiger charge is 2.14. The van der Waals surface area contributed by atoms with Crippen molar-refractivity contribution in [3.05, 3.63) is 39.1 Å². The summed E-state index contributed by atoms with van der Waals surface area (Å²) in [6, 6.07) is 3.38. The zero-order valence-corrected chi connectivity index (χ0v) is 15.3. The maximum absolute atomic E-state index is 11.2. The van der Waals surface area contributed by atoms with E-state index in [9.17, 15) is 9.59 Å². The van der Waals surface area contributed by atoms with E-state index in [0.29, 0.717) is 23.7 Å². The molecule has 0 atom stereocenters. The van der Waals surface area contributed by atoms with Crippen molar-refractivity contribution in [2.75, 3.05) is 13.7 Å². The molecule has 124 valence electrons. The number of carbonyl (C=O) groups excluding carboxylic acids is 1. The molecule has 1 rings (SSSR count). The fraction of sp³-hybridized carbons (Fsp3) is 0.250. The predicted molar refractivity (Wildman–Crippen MR) is 95.4 cm³/mol. The Morgan fingerprint density at radius 2 is 2.04 bits per heavy atom. The second kappa shape index (κ2) is 8.56. The summed E-state index contributed by atoms with van der Waals surface area (Å²) in [6.45, 7) is 7.23. The Balaban J connectivity index is 3.23. The van der Waals surface area contributed by atoms with Crippen LogP contribution in [0.25, 0.3) is 6.08 Å². The van der Waals surface area contributed by atoms with Crippen LogP contribution >= 0.6 is 22.6 Å². The number of carboxylic acid groups (broad SMARTS) is 1. The number of hydrogen-bond donors (Lipinski definition) is 2. The number of hydrogen-bond acceptors (Lipinski definition) is 4. The van der Waals surface area contributed by atoms with Crippen molar-refractivity contribution < 1.29 is 24.2 Å². The van der Waals surface area contributed by atoms with Gasteiger partial charge in [-0.05, 0) is 58.9 Å². The number of halogens is 1. The van der Waals surface area contributed by atoms with Crippen LogP contribution in [-0.4, -0.2) is 30.7 Å². The SMILES string of the molecule is C=C(C)COc1c(I)cc(/C=C(/NC(C)=O)C(=O)O)cc1OC. The highest BCUT2D eigenvalue weighted by molar-refractivity contribution is 14.1. The van der Waals surface area contributed by atoms with Crippen LogP contribution in [0.3, 0.4) is 0 Å². The van der Waals surface area contributed by atoms with E-state index in [1.54, 1.807) is 12.1 Å². The molecule has 0 radical (unpaired) electrons. The number of nitrogens with one attached hydrogen (secondary N) is 1. The number of methoxy groups -OCH3 is 1. The van der Waals surface area contributed by atoms with Gasteiger partial charge in [0.1, 0.15) is 12.3 Å². The minimum Gasteiger partial charge on any atom is -0.493 e. The van der Waals surface area contributed by atoms with Crippen molar-refractivity contribution in [3.8, 4) is 11.5 Å². The van der Waals surface area contributed by atoms with Crippen LogP contribution < -0.4 is 14.8 Å². The smallest absolute Gasteiger partial charge is 0.352 e. The molecule has 0 bridgehead atoms. The molecule has 0 aliphatic heterocycles. The summed E-state index contributed by atoms with van der Waals surface area (Å²) in [4.78, 5) is 22.2. The van der Waals surface area contributed by atoms with Crippen LogP contribution in [0.4, 0.5) is 0 Å². The van der Waals surface area contributed by atoms with Crippen molar-refractivity contribution in [1.82, 2.24) is 5.32 Å². The van der Waals surface area contributed by atoms with Crippen LogP contribution in [0, 0.1) is 3.57 Å². The molecule has 0 aliphatic carbocycles. The van der Waals surface area contributed by atoms with Gasteiger partial charge in [-0.2, -0.15) is 0 Å². The van der Waals surface area contributed by atoms with Crippen LogP contribution in [0.2, 0.25) is 0 Å². The third kappa shape index (κ3) is 5.93. The molecule has 0 aliphatic rings. The van der Waals surface area contributed by atoms with Gasteiger partial charge in [-0.1, -0.05) is 6.58 Å². The number of amides is 1. The summed E-state index contributed by atoms with van der Waals surface area (Å²) >= 11 is 2.07. The maximum Gasteiger partial charge on any atom is 0.352 e. The van der Waals surface area contributed by atoms with Crippen LogP contribution in [-0.2, 0) is 9.59 Å². The molecule has 2 N–H and O–H groups in total. The summed E-state index contributed by atoms with van der Waals surface area (Å²) in [5.41, 5.74) is 1.22. The van der Waals surface area contributed by atoms with E-state index >= 15 is 0 Å². The number of carbonyl (C=O) groups is 2. The van der Waals surface area contributed by atoms with E-state index in [2.05, 4.69) is 34.5 Å². The Morgan fingerprint density at radius 3 is 2.52 bits per heavy atom. The number of benzene rings is 1. The Kier molecular flexibility index (Phi) is 7.08. The first-order valence-corrected chi connectivity index (χ1v) is 7.69. The van der Waals surface area contributed by atoms with E-state index in [0.717, 1.165) is 9.14 Å². The average molecular weight is 431 g/mol. The molecule has 0 unspecified atom stereocenters. The van der Waals surface area contributed by atoms with Crippen molar-refractivity contribution in [2.24, 2.45) is 0 Å². The fourth-order valence-electron chi connectivity index (χ4n) is 1.67. The van der Waals surface area contributed by atoms with Gasteiger partial charge in [-0.15, -0.1) is 0 Å². The van der Waals surface area contributed by atoms with Gasteiger partial charge in [-0.3, -0.25) is 4.79 Å². The van der Waals surface area contributed by atoms with Crippen molar-refractivity contribution in [3.63, 3.8) is 0 Å². The highest BCUT2D eigenvalue weighted by Crippen LogP contribution is 2.34. The standard InChI is InChI=1S/C16H18INO5/c1-9(2)8-23-15-12(17)5-11(7-14(15)22-4)6-13(16(20)21)18-10(3)19/h5-7H,1,8H2,2-4H3,(H,18,19)(H,20,21)/b13-6+. The molecule has 0 saturated heterocycles. The zero-order chi connectivity index (χ0) is 17.6. The lowest BCUT2D eigenvalue weighted by Gasteiger charge is -2.14. The maximum atomic E-state index is 11.2. The molecule has 0 spiro atoms. The molecule has 1 aromatic rings. The van der Waals surface area contributed by atoms with E-state index in [1.807, 2.05) is 6.92 Å². The lowest BCUT2D eigenvalue weighted by Crippen LogP contribution is -2.24. The molecular weight excluding hydrogens is 413 g/mol. The Morgan fingerprint density at radius 1 is 1.39 bits per heavy atom. The molecule has 0 heterocycles. The number of aliphatic carboxylic acids is 1. The third-order valence-corrected chi connectivity index (χ3v) is 3.37. The van der Waals surface area contributed by atoms with Crippen LogP contribution in [0.1, 0.15) is 19.4 Å². The van der Waals surface area contributed by atoms with Gasteiger partial charge in [0.15, 0.2) is 11.5 Å². The summed E-state index contributed by atoms with van der Waals surface area (Å²) < 4.78 is 11.7. The van der Waals surface area contributed by atoms with E-state index in [-0.39, 0.29) is 5.70 Å². The minimum absolute atomic E-state index is 0.217. The Hall–Kier alpha value is -2.03. The highest BCUT2D eigenvalue weighted by atomic mass is 127. The van der Waals surface area contributed by atoms with Gasteiger partial charge in [-0.25, -0.2) is 4.79 Å². The van der Waals surface area contributed by atoms with Gasteiger partial charge in [0.2, 0.25) is 5.91 Å². The third-order valence-electron chi connectivity index (χ3n) is 2.57. The summed E-state index contributed by atoms with van der Waals surface area (Å²) in [6.07, 6.45) is 1.36. The molecule has 0 saturated carbocycles. The molecule has 23 heavy (non-hydrogen) atoms. The number of ether oxygens (including phenoxy) is 2. The molecule has 0 fully saturated rings. The molecule has 1 amide bonds. The number of rotatable bonds is 7. The Labute approximate surface area is 148 Å². The van der Waals surface area contributed by atoms with E-state index < -0.39 is 11.9 Å². The summed E-state index contributed by atoms with van der Waals surface area (Å²) in [5, 5.41) is 11.4. The molecule has 1 aromatic carbocycles. The predicted octanol–water partition coefficient (Wildman–Crippen LogP) is 2.82. The van der Waals surface area contributed by atoms with Crippen LogP contribution in [0.5, 0.6) is 11.5 Å². The molecule has 7 heteroatoms. The van der Waals surface area contributed by atoms with Gasteiger partial charge < -0.3 is 19.9 Å².